The van der Waals surface area contributed by atoms with Gasteiger partial charge >= 0.3 is 11.9 Å². The van der Waals surface area contributed by atoms with E-state index in [1.807, 2.05) is 0 Å². The van der Waals surface area contributed by atoms with Crippen molar-refractivity contribution >= 4 is 33.5 Å². The molecule has 9 heteroatoms. The summed E-state index contributed by atoms with van der Waals surface area (Å²) in [5, 5.41) is 20.6. The highest BCUT2D eigenvalue weighted by Crippen LogP contribution is 2.46. The number of hydrogen-bond donors (Lipinski definition) is 2. The van der Waals surface area contributed by atoms with Crippen LogP contribution in [0.25, 0.3) is 21.5 Å². The van der Waals surface area contributed by atoms with Crippen molar-refractivity contribution in [2.24, 2.45) is 0 Å². The molecule has 2 aliphatic rings. The fourth-order valence-electron chi connectivity index (χ4n) is 5.43. The monoisotopic (exact) mass is 511 g/mol. The Morgan fingerprint density at radius 1 is 0.757 bits per heavy atom. The number of fused-ring (bicyclic) bond motifs is 7. The molecule has 0 amide bonds. The Morgan fingerprint density at radius 3 is 1.62 bits per heavy atom. The third kappa shape index (κ3) is 5.22. The molecule has 0 aromatic heterocycles. The van der Waals surface area contributed by atoms with E-state index >= 15 is 0 Å². The number of carbonyl (C=O) groups is 2. The summed E-state index contributed by atoms with van der Waals surface area (Å²) < 4.78 is 22.5. The Balaban J connectivity index is 0.000000349. The van der Waals surface area contributed by atoms with Gasteiger partial charge in [0.25, 0.3) is 0 Å². The van der Waals surface area contributed by atoms with E-state index in [1.165, 1.54) is 46.7 Å². The summed E-state index contributed by atoms with van der Waals surface area (Å²) in [4.78, 5) is 21.9. The Hall–Kier alpha value is -3.72. The van der Waals surface area contributed by atoms with Gasteiger partial charge in [-0.05, 0) is 82.7 Å². The van der Waals surface area contributed by atoms with Crippen LogP contribution in [0.2, 0.25) is 0 Å². The lowest BCUT2D eigenvalue weighted by Gasteiger charge is -2.33. The summed E-state index contributed by atoms with van der Waals surface area (Å²) in [6.07, 6.45) is 3.04. The maximum atomic E-state index is 9.64. The maximum Gasteiger partial charge on any atom is 0.303 e. The van der Waals surface area contributed by atoms with Crippen molar-refractivity contribution in [3.63, 3.8) is 0 Å². The third-order valence-electron chi connectivity index (χ3n) is 7.20. The molecule has 1 unspecified atom stereocenters. The lowest BCUT2D eigenvalue weighted by atomic mass is 9.85. The molecule has 0 saturated carbocycles. The molecule has 0 bridgehead atoms. The fourth-order valence-corrected chi connectivity index (χ4v) is 5.43. The van der Waals surface area contributed by atoms with E-state index in [1.54, 1.807) is 28.4 Å². The standard InChI is InChI=1S/C24H27NO4.C4H6O4/c1-26-21-9-16-15-8-14-6-5-7-25(14)13-20(15)19-12-24(29-4)23(28-3)11-18(19)17(16)10-22(21)27-2;5-3(6)1-2-4(7)8/h9-12,14H,5-8,13H2,1-4H3;1-2H2,(H,5,6)(H,7,8). The van der Waals surface area contributed by atoms with E-state index in [-0.39, 0.29) is 12.8 Å². The molecule has 1 saturated heterocycles. The number of benzene rings is 3. The first kappa shape index (κ1) is 26.3. The highest BCUT2D eigenvalue weighted by Gasteiger charge is 2.33. The SMILES string of the molecule is COc1cc2c3c(c4cc(OC)c(OC)cc4c2cc1OC)CN1CCCC1C3.O=C(O)CCC(=O)O. The quantitative estimate of drug-likeness (QED) is 0.443. The summed E-state index contributed by atoms with van der Waals surface area (Å²) >= 11 is 0. The van der Waals surface area contributed by atoms with E-state index in [9.17, 15) is 9.59 Å². The molecular weight excluding hydrogens is 478 g/mol. The van der Waals surface area contributed by atoms with Crippen LogP contribution in [0.5, 0.6) is 23.0 Å². The van der Waals surface area contributed by atoms with Gasteiger partial charge in [-0.1, -0.05) is 0 Å². The minimum absolute atomic E-state index is 0.296. The molecule has 2 heterocycles. The van der Waals surface area contributed by atoms with Gasteiger partial charge in [-0.3, -0.25) is 14.5 Å². The Labute approximate surface area is 215 Å². The number of carboxylic acid groups (broad SMARTS) is 2. The largest absolute Gasteiger partial charge is 0.493 e. The number of hydrogen-bond acceptors (Lipinski definition) is 7. The first-order chi connectivity index (χ1) is 17.8. The zero-order chi connectivity index (χ0) is 26.7. The van der Waals surface area contributed by atoms with Crippen LogP contribution < -0.4 is 18.9 Å². The second-order valence-corrected chi connectivity index (χ2v) is 9.22. The molecule has 0 radical (unpaired) electrons. The van der Waals surface area contributed by atoms with Gasteiger partial charge in [0, 0.05) is 12.6 Å². The van der Waals surface area contributed by atoms with Crippen LogP contribution in [0, 0.1) is 0 Å². The zero-order valence-electron chi connectivity index (χ0n) is 21.6. The second kappa shape index (κ2) is 11.1. The molecule has 2 N–H and O–H groups in total. The number of aliphatic carboxylic acids is 2. The van der Waals surface area contributed by atoms with Crippen molar-refractivity contribution in [1.29, 1.82) is 0 Å². The van der Waals surface area contributed by atoms with Crippen molar-refractivity contribution in [3.8, 4) is 23.0 Å². The molecular formula is C28H33NO8. The molecule has 198 valence electrons. The van der Waals surface area contributed by atoms with E-state index < -0.39 is 11.9 Å². The van der Waals surface area contributed by atoms with Crippen LogP contribution in [0.1, 0.15) is 36.8 Å². The molecule has 0 aliphatic carbocycles. The maximum absolute atomic E-state index is 9.64. The lowest BCUT2D eigenvalue weighted by molar-refractivity contribution is -0.143. The summed E-state index contributed by atoms with van der Waals surface area (Å²) in [5.74, 6) is 0.876. The molecule has 9 nitrogen and oxygen atoms in total. The second-order valence-electron chi connectivity index (χ2n) is 9.22. The summed E-state index contributed by atoms with van der Waals surface area (Å²) in [6, 6.07) is 9.12. The van der Waals surface area contributed by atoms with E-state index in [4.69, 9.17) is 29.2 Å². The van der Waals surface area contributed by atoms with Crippen LogP contribution in [-0.4, -0.2) is 68.1 Å². The minimum atomic E-state index is -1.08. The molecule has 2 aliphatic heterocycles. The normalized spacial score (nSPS) is 16.4. The molecule has 1 atom stereocenters. The van der Waals surface area contributed by atoms with Crippen molar-refractivity contribution in [3.05, 3.63) is 35.4 Å². The Kier molecular flexibility index (Phi) is 7.92. The van der Waals surface area contributed by atoms with Gasteiger partial charge in [0.1, 0.15) is 0 Å². The van der Waals surface area contributed by atoms with E-state index in [0.29, 0.717) is 6.04 Å². The fraction of sp³-hybridized carbons (Fsp3) is 0.429. The molecule has 5 rings (SSSR count). The van der Waals surface area contributed by atoms with E-state index in [0.717, 1.165) is 41.3 Å². The predicted molar refractivity (Wildman–Crippen MR) is 139 cm³/mol. The molecule has 3 aromatic carbocycles. The summed E-state index contributed by atoms with van der Waals surface area (Å²) in [7, 11) is 6.76. The van der Waals surface area contributed by atoms with Gasteiger partial charge < -0.3 is 29.2 Å². The third-order valence-corrected chi connectivity index (χ3v) is 7.20. The molecule has 3 aromatic rings. The van der Waals surface area contributed by atoms with Gasteiger partial charge in [-0.25, -0.2) is 0 Å². The molecule has 0 spiro atoms. The van der Waals surface area contributed by atoms with Gasteiger partial charge in [0.05, 0.1) is 41.3 Å². The predicted octanol–water partition coefficient (Wildman–Crippen LogP) is 4.48. The van der Waals surface area contributed by atoms with Crippen LogP contribution in [0.15, 0.2) is 24.3 Å². The van der Waals surface area contributed by atoms with Gasteiger partial charge in [-0.15, -0.1) is 0 Å². The van der Waals surface area contributed by atoms with Crippen LogP contribution in [0.3, 0.4) is 0 Å². The van der Waals surface area contributed by atoms with Crippen molar-refractivity contribution in [1.82, 2.24) is 4.90 Å². The van der Waals surface area contributed by atoms with Crippen molar-refractivity contribution in [2.45, 2.75) is 44.7 Å². The number of methoxy groups -OCH3 is 4. The van der Waals surface area contributed by atoms with E-state index in [2.05, 4.69) is 29.2 Å². The smallest absolute Gasteiger partial charge is 0.303 e. The Morgan fingerprint density at radius 2 is 1.19 bits per heavy atom. The summed E-state index contributed by atoms with van der Waals surface area (Å²) in [6.45, 7) is 2.17. The van der Waals surface area contributed by atoms with Crippen molar-refractivity contribution in [2.75, 3.05) is 35.0 Å². The summed E-state index contributed by atoms with van der Waals surface area (Å²) in [5.41, 5.74) is 2.84. The lowest BCUT2D eigenvalue weighted by Crippen LogP contribution is -2.35. The minimum Gasteiger partial charge on any atom is -0.493 e. The molecule has 37 heavy (non-hydrogen) atoms. The number of nitrogens with zero attached hydrogens (tertiary/aromatic N) is 1. The highest BCUT2D eigenvalue weighted by molar-refractivity contribution is 6.12. The van der Waals surface area contributed by atoms with Gasteiger partial charge in [0.2, 0.25) is 0 Å². The number of ether oxygens (including phenoxy) is 4. The van der Waals surface area contributed by atoms with Crippen molar-refractivity contribution < 1.29 is 38.7 Å². The Bertz CT molecular complexity index is 1230. The highest BCUT2D eigenvalue weighted by atomic mass is 16.5. The number of rotatable bonds is 7. The average Bonchev–Trinajstić information content (AvgIpc) is 3.37. The zero-order valence-corrected chi connectivity index (χ0v) is 21.6. The number of carboxylic acids is 2. The molecule has 1 fully saturated rings. The average molecular weight is 512 g/mol. The first-order valence-electron chi connectivity index (χ1n) is 12.2. The van der Waals surface area contributed by atoms with Crippen LogP contribution in [0.4, 0.5) is 0 Å². The van der Waals surface area contributed by atoms with Gasteiger partial charge in [0.15, 0.2) is 23.0 Å². The van der Waals surface area contributed by atoms with Crippen LogP contribution in [-0.2, 0) is 22.6 Å². The topological polar surface area (TPSA) is 115 Å². The first-order valence-corrected chi connectivity index (χ1v) is 12.2. The van der Waals surface area contributed by atoms with Crippen LogP contribution >= 0.6 is 0 Å². The van der Waals surface area contributed by atoms with Gasteiger partial charge in [-0.2, -0.15) is 0 Å².